The molecular weight excluding hydrogens is 464 g/mol. The molecule has 4 aliphatic rings. The molecule has 37 heavy (non-hydrogen) atoms. The highest BCUT2D eigenvalue weighted by atomic mass is 16.6. The normalized spacial score (nSPS) is 31.4. The minimum absolute atomic E-state index is 0.0371. The van der Waals surface area contributed by atoms with Crippen molar-refractivity contribution in [3.05, 3.63) is 84.0 Å². The lowest BCUT2D eigenvalue weighted by molar-refractivity contribution is -0.222. The Labute approximate surface area is 218 Å². The molecule has 6 heteroatoms. The van der Waals surface area contributed by atoms with Gasteiger partial charge in [0.25, 0.3) is 0 Å². The monoisotopic (exact) mass is 498 g/mol. The molecule has 1 spiro atoms. The first-order valence-electron chi connectivity index (χ1n) is 13.2. The Morgan fingerprint density at radius 3 is 2.76 bits per heavy atom. The molecule has 2 aliphatic heterocycles. The van der Waals surface area contributed by atoms with E-state index in [1.165, 1.54) is 18.1 Å². The average molecular weight is 499 g/mol. The topological polar surface area (TPSA) is 59.1 Å². The van der Waals surface area contributed by atoms with Crippen LogP contribution in [0.4, 0.5) is 0 Å². The summed E-state index contributed by atoms with van der Waals surface area (Å²) in [7, 11) is 1.87. The van der Waals surface area contributed by atoms with E-state index in [1.54, 1.807) is 6.08 Å². The number of carbonyl (C=O) groups excluding carboxylic acids is 2. The van der Waals surface area contributed by atoms with E-state index in [0.717, 1.165) is 37.2 Å². The summed E-state index contributed by atoms with van der Waals surface area (Å²) in [5.41, 5.74) is 2.25. The summed E-state index contributed by atoms with van der Waals surface area (Å²) in [5, 5.41) is 0. The molecule has 2 aromatic rings. The van der Waals surface area contributed by atoms with Crippen LogP contribution >= 0.6 is 0 Å². The van der Waals surface area contributed by atoms with Crippen LogP contribution in [0.1, 0.15) is 42.9 Å². The molecular formula is C31H34N2O4. The van der Waals surface area contributed by atoms with E-state index in [9.17, 15) is 9.59 Å². The predicted octanol–water partition coefficient (Wildman–Crippen LogP) is 4.14. The van der Waals surface area contributed by atoms with Crippen LogP contribution in [0.2, 0.25) is 0 Å². The van der Waals surface area contributed by atoms with Crippen molar-refractivity contribution in [3.8, 4) is 5.75 Å². The average Bonchev–Trinajstić information content (AvgIpc) is 3.23. The molecule has 0 aromatic heterocycles. The molecule has 6 rings (SSSR count). The summed E-state index contributed by atoms with van der Waals surface area (Å²) in [6.07, 6.45) is 8.14. The third-order valence-corrected chi connectivity index (χ3v) is 9.15. The largest absolute Gasteiger partial charge is 0.487 e. The fourth-order valence-electron chi connectivity index (χ4n) is 7.80. The fourth-order valence-corrected chi connectivity index (χ4v) is 7.80. The number of nitrogens with zero attached hydrogens (tertiary/aromatic N) is 2. The van der Waals surface area contributed by atoms with Gasteiger partial charge < -0.3 is 14.4 Å². The van der Waals surface area contributed by atoms with Gasteiger partial charge >= 0.3 is 5.97 Å². The highest BCUT2D eigenvalue weighted by molar-refractivity contribution is 5.92. The molecule has 192 valence electrons. The maximum Gasteiger partial charge on any atom is 0.303 e. The summed E-state index contributed by atoms with van der Waals surface area (Å²) < 4.78 is 13.2. The number of amides is 1. The molecule has 1 amide bonds. The molecule has 0 radical (unpaired) electrons. The Morgan fingerprint density at radius 2 is 2.00 bits per heavy atom. The summed E-state index contributed by atoms with van der Waals surface area (Å²) in [6, 6.07) is 16.0. The van der Waals surface area contributed by atoms with Crippen LogP contribution in [-0.2, 0) is 26.2 Å². The molecule has 2 fully saturated rings. The van der Waals surface area contributed by atoms with Crippen molar-refractivity contribution < 1.29 is 19.1 Å². The Kier molecular flexibility index (Phi) is 5.75. The van der Waals surface area contributed by atoms with E-state index in [2.05, 4.69) is 23.6 Å². The minimum Gasteiger partial charge on any atom is -0.487 e. The van der Waals surface area contributed by atoms with Gasteiger partial charge in [0.2, 0.25) is 5.91 Å². The molecule has 2 heterocycles. The van der Waals surface area contributed by atoms with E-state index >= 15 is 0 Å². The molecule has 2 aliphatic carbocycles. The molecule has 5 atom stereocenters. The van der Waals surface area contributed by atoms with Gasteiger partial charge in [-0.2, -0.15) is 0 Å². The van der Waals surface area contributed by atoms with Gasteiger partial charge in [-0.25, -0.2) is 0 Å². The van der Waals surface area contributed by atoms with E-state index in [0.29, 0.717) is 12.8 Å². The van der Waals surface area contributed by atoms with Crippen molar-refractivity contribution in [2.24, 2.45) is 0 Å². The van der Waals surface area contributed by atoms with Crippen LogP contribution < -0.4 is 4.74 Å². The number of carbonyl (C=O) groups is 2. The van der Waals surface area contributed by atoms with Crippen molar-refractivity contribution in [2.75, 3.05) is 20.1 Å². The lowest BCUT2D eigenvalue weighted by atomic mass is 9.48. The van der Waals surface area contributed by atoms with Crippen molar-refractivity contribution in [1.29, 1.82) is 0 Å². The molecule has 2 bridgehead atoms. The predicted molar refractivity (Wildman–Crippen MR) is 142 cm³/mol. The number of esters is 1. The van der Waals surface area contributed by atoms with Gasteiger partial charge in [0.05, 0.1) is 17.5 Å². The molecule has 0 N–H and O–H groups in total. The standard InChI is InChI=1S/C31H34N2O4/c1-4-18-33-19-17-30-28-23-11-8-12-25(28)36-29(30)24(15-16-31(30,26(33)20-23)37-21(2)34)32(3)27(35)14-13-22-9-6-5-7-10-22/h4-14,24,26,29H,1,15-20H2,2-3H3/b14-13+/t24?,26-,29?,30+,31-/m1/s1. The highest BCUT2D eigenvalue weighted by Crippen LogP contribution is 2.65. The first-order valence-corrected chi connectivity index (χ1v) is 13.2. The van der Waals surface area contributed by atoms with Crippen molar-refractivity contribution in [2.45, 2.75) is 61.8 Å². The zero-order valence-corrected chi connectivity index (χ0v) is 21.6. The van der Waals surface area contributed by atoms with Gasteiger partial charge in [-0.05, 0) is 49.0 Å². The maximum atomic E-state index is 13.4. The van der Waals surface area contributed by atoms with E-state index in [1.807, 2.05) is 60.5 Å². The zero-order chi connectivity index (χ0) is 25.8. The Morgan fingerprint density at radius 1 is 1.19 bits per heavy atom. The molecule has 2 aromatic carbocycles. The van der Waals surface area contributed by atoms with Crippen LogP contribution in [0.15, 0.2) is 67.3 Å². The lowest BCUT2D eigenvalue weighted by Gasteiger charge is -2.65. The summed E-state index contributed by atoms with van der Waals surface area (Å²) in [4.78, 5) is 30.3. The second-order valence-corrected chi connectivity index (χ2v) is 10.8. The minimum atomic E-state index is -0.704. The Bertz CT molecular complexity index is 1270. The summed E-state index contributed by atoms with van der Waals surface area (Å²) >= 11 is 0. The van der Waals surface area contributed by atoms with Crippen LogP contribution in [0.25, 0.3) is 6.08 Å². The van der Waals surface area contributed by atoms with Gasteiger partial charge in [-0.1, -0.05) is 48.5 Å². The van der Waals surface area contributed by atoms with Gasteiger partial charge in [0.15, 0.2) is 0 Å². The summed E-state index contributed by atoms with van der Waals surface area (Å²) in [6.45, 7) is 7.11. The van der Waals surface area contributed by atoms with Gasteiger partial charge in [0, 0.05) is 38.7 Å². The zero-order valence-electron chi connectivity index (χ0n) is 21.6. The van der Waals surface area contributed by atoms with Crippen molar-refractivity contribution in [3.63, 3.8) is 0 Å². The number of ether oxygens (including phenoxy) is 2. The quantitative estimate of drug-likeness (QED) is 0.340. The van der Waals surface area contributed by atoms with Crippen molar-refractivity contribution >= 4 is 18.0 Å². The number of likely N-dealkylation sites (tertiary alicyclic amines) is 1. The first kappa shape index (κ1) is 24.0. The number of hydrogen-bond donors (Lipinski definition) is 0. The van der Waals surface area contributed by atoms with Crippen LogP contribution in [0.3, 0.4) is 0 Å². The van der Waals surface area contributed by atoms with Gasteiger partial charge in [-0.15, -0.1) is 6.58 Å². The SMILES string of the molecule is C=CCN1CC[C@]23c4c5cccc4OC2C(N(C)C(=O)/C=C/c2ccccc2)CC[C@@]3(OC(C)=O)[C@H]1C5. The van der Waals surface area contributed by atoms with E-state index < -0.39 is 11.0 Å². The number of likely N-dealkylation sites (N-methyl/N-ethyl adjacent to an activating group) is 1. The highest BCUT2D eigenvalue weighted by Gasteiger charge is 2.75. The molecule has 6 nitrogen and oxygen atoms in total. The molecule has 2 unspecified atom stereocenters. The fraction of sp³-hybridized carbons (Fsp3) is 0.419. The van der Waals surface area contributed by atoms with Gasteiger partial charge in [0.1, 0.15) is 17.5 Å². The van der Waals surface area contributed by atoms with Crippen LogP contribution in [0.5, 0.6) is 5.75 Å². The number of benzene rings is 2. The van der Waals surface area contributed by atoms with Crippen LogP contribution in [0, 0.1) is 0 Å². The van der Waals surface area contributed by atoms with Crippen molar-refractivity contribution in [1.82, 2.24) is 9.80 Å². The third-order valence-electron chi connectivity index (χ3n) is 9.15. The summed E-state index contributed by atoms with van der Waals surface area (Å²) in [5.74, 6) is 0.564. The second kappa shape index (κ2) is 8.88. The maximum absolute atomic E-state index is 13.4. The molecule has 1 saturated carbocycles. The van der Waals surface area contributed by atoms with Gasteiger partial charge in [-0.3, -0.25) is 14.5 Å². The lowest BCUT2D eigenvalue weighted by Crippen LogP contribution is -2.79. The van der Waals surface area contributed by atoms with E-state index in [4.69, 9.17) is 9.47 Å². The smallest absolute Gasteiger partial charge is 0.303 e. The van der Waals surface area contributed by atoms with E-state index in [-0.39, 0.29) is 30.1 Å². The first-order chi connectivity index (χ1) is 17.9. The number of hydrogen-bond acceptors (Lipinski definition) is 5. The third kappa shape index (κ3) is 3.42. The number of piperidine rings is 1. The van der Waals surface area contributed by atoms with Crippen LogP contribution in [-0.4, -0.2) is 65.6 Å². The second-order valence-electron chi connectivity index (χ2n) is 10.8. The number of rotatable bonds is 6. The molecule has 1 saturated heterocycles. The Hall–Kier alpha value is -3.38. The Balaban J connectivity index is 1.42.